The first-order valence-corrected chi connectivity index (χ1v) is 4.84. The molecular weight excluding hydrogens is 205 g/mol. The number of aromatic nitrogens is 3. The van der Waals surface area contributed by atoms with Crippen molar-refractivity contribution in [2.45, 2.75) is 13.5 Å². The van der Waals surface area contributed by atoms with E-state index >= 15 is 0 Å². The summed E-state index contributed by atoms with van der Waals surface area (Å²) in [6.45, 7) is 2.29. The predicted octanol–water partition coefficient (Wildman–Crippen LogP) is 1.78. The summed E-state index contributed by atoms with van der Waals surface area (Å²) in [6.07, 6.45) is 4.70. The van der Waals surface area contributed by atoms with Crippen molar-refractivity contribution in [3.8, 4) is 11.8 Å². The maximum atomic E-state index is 12.8. The van der Waals surface area contributed by atoms with E-state index in [1.807, 2.05) is 12.3 Å². The van der Waals surface area contributed by atoms with Gasteiger partial charge in [-0.15, -0.1) is 0 Å². The van der Waals surface area contributed by atoms with E-state index in [4.69, 9.17) is 0 Å². The molecule has 4 heteroatoms. The van der Waals surface area contributed by atoms with Gasteiger partial charge in [-0.2, -0.15) is 5.10 Å². The first-order chi connectivity index (χ1) is 7.75. The highest BCUT2D eigenvalue weighted by atomic mass is 19.1. The maximum absolute atomic E-state index is 12.8. The molecule has 80 valence electrons. The first kappa shape index (κ1) is 10.4. The lowest BCUT2D eigenvalue weighted by Gasteiger charge is -1.96. The van der Waals surface area contributed by atoms with Gasteiger partial charge in [-0.1, -0.05) is 5.92 Å². The van der Waals surface area contributed by atoms with E-state index in [9.17, 15) is 4.39 Å². The van der Waals surface area contributed by atoms with Crippen molar-refractivity contribution in [3.63, 3.8) is 0 Å². The molecule has 3 nitrogen and oxygen atoms in total. The Labute approximate surface area is 92.9 Å². The van der Waals surface area contributed by atoms with Crippen LogP contribution in [0.2, 0.25) is 0 Å². The fourth-order valence-corrected chi connectivity index (χ4v) is 1.27. The van der Waals surface area contributed by atoms with E-state index < -0.39 is 0 Å². The number of halogens is 1. The molecule has 0 aromatic carbocycles. The highest BCUT2D eigenvalue weighted by Gasteiger charge is 1.97. The second kappa shape index (κ2) is 4.58. The van der Waals surface area contributed by atoms with Crippen molar-refractivity contribution in [3.05, 3.63) is 47.8 Å². The van der Waals surface area contributed by atoms with E-state index in [0.717, 1.165) is 5.56 Å². The molecule has 0 unspecified atom stereocenters. The average molecular weight is 215 g/mol. The van der Waals surface area contributed by atoms with E-state index in [1.165, 1.54) is 12.3 Å². The van der Waals surface area contributed by atoms with Gasteiger partial charge in [0.15, 0.2) is 0 Å². The predicted molar refractivity (Wildman–Crippen MR) is 58.0 cm³/mol. The Balaban J connectivity index is 2.12. The minimum atomic E-state index is -0.338. The molecule has 0 aliphatic rings. The molecular formula is C12H10FN3. The van der Waals surface area contributed by atoms with Gasteiger partial charge < -0.3 is 0 Å². The van der Waals surface area contributed by atoms with E-state index in [0.29, 0.717) is 12.2 Å². The average Bonchev–Trinajstić information content (AvgIpc) is 2.74. The van der Waals surface area contributed by atoms with Crippen LogP contribution >= 0.6 is 0 Å². The highest BCUT2D eigenvalue weighted by Crippen LogP contribution is 2.04. The summed E-state index contributed by atoms with van der Waals surface area (Å²) in [6, 6.07) is 3.26. The van der Waals surface area contributed by atoms with Gasteiger partial charge in [-0.3, -0.25) is 4.68 Å². The van der Waals surface area contributed by atoms with E-state index in [2.05, 4.69) is 21.9 Å². The quantitative estimate of drug-likeness (QED) is 0.679. The van der Waals surface area contributed by atoms with Gasteiger partial charge in [0.05, 0.1) is 6.20 Å². The molecule has 0 radical (unpaired) electrons. The van der Waals surface area contributed by atoms with Crippen molar-refractivity contribution in [2.24, 2.45) is 0 Å². The standard InChI is InChI=1S/C12H10FN3/c1-10-8-11(13)9-14-12(10)4-2-6-16-7-3-5-15-16/h3,5,7-9H,6H2,1H3. The Kier molecular flexibility index (Phi) is 2.97. The number of pyridine rings is 1. The van der Waals surface area contributed by atoms with E-state index in [-0.39, 0.29) is 5.82 Å². The molecule has 0 aliphatic carbocycles. The lowest BCUT2D eigenvalue weighted by Crippen LogP contribution is -1.95. The summed E-state index contributed by atoms with van der Waals surface area (Å²) < 4.78 is 14.5. The van der Waals surface area contributed by atoms with Crippen molar-refractivity contribution in [1.82, 2.24) is 14.8 Å². The molecule has 0 aliphatic heterocycles. The Hall–Kier alpha value is -2.15. The minimum Gasteiger partial charge on any atom is -0.261 e. The molecule has 0 saturated heterocycles. The maximum Gasteiger partial charge on any atom is 0.141 e. The number of hydrogen-bond acceptors (Lipinski definition) is 2. The number of nitrogens with zero attached hydrogens (tertiary/aromatic N) is 3. The van der Waals surface area contributed by atoms with Crippen LogP contribution in [0.15, 0.2) is 30.7 Å². The van der Waals surface area contributed by atoms with Crippen LogP contribution in [-0.2, 0) is 6.54 Å². The molecule has 2 heterocycles. The van der Waals surface area contributed by atoms with Gasteiger partial charge in [0.25, 0.3) is 0 Å². The molecule has 0 saturated carbocycles. The highest BCUT2D eigenvalue weighted by molar-refractivity contribution is 5.34. The monoisotopic (exact) mass is 215 g/mol. The molecule has 0 amide bonds. The number of rotatable bonds is 1. The van der Waals surface area contributed by atoms with Gasteiger partial charge in [-0.05, 0) is 30.5 Å². The van der Waals surface area contributed by atoms with Crippen LogP contribution in [0.4, 0.5) is 4.39 Å². The van der Waals surface area contributed by atoms with Gasteiger partial charge in [-0.25, -0.2) is 9.37 Å². The zero-order valence-electron chi connectivity index (χ0n) is 8.81. The van der Waals surface area contributed by atoms with Crippen LogP contribution in [0, 0.1) is 24.6 Å². The third-order valence-electron chi connectivity index (χ3n) is 2.05. The summed E-state index contributed by atoms with van der Waals surface area (Å²) in [5.41, 5.74) is 1.35. The van der Waals surface area contributed by atoms with E-state index in [1.54, 1.807) is 17.8 Å². The Morgan fingerprint density at radius 3 is 3.06 bits per heavy atom. The SMILES string of the molecule is Cc1cc(F)cnc1C#CCn1cccn1. The fourth-order valence-electron chi connectivity index (χ4n) is 1.27. The first-order valence-electron chi connectivity index (χ1n) is 4.84. The molecule has 2 rings (SSSR count). The smallest absolute Gasteiger partial charge is 0.141 e. The molecule has 16 heavy (non-hydrogen) atoms. The largest absolute Gasteiger partial charge is 0.261 e. The lowest BCUT2D eigenvalue weighted by molar-refractivity contribution is 0.619. The molecule has 0 bridgehead atoms. The second-order valence-corrected chi connectivity index (χ2v) is 3.32. The second-order valence-electron chi connectivity index (χ2n) is 3.32. The molecule has 0 fully saturated rings. The zero-order chi connectivity index (χ0) is 11.4. The fraction of sp³-hybridized carbons (Fsp3) is 0.167. The third kappa shape index (κ3) is 2.45. The molecule has 0 spiro atoms. The van der Waals surface area contributed by atoms with Crippen LogP contribution in [-0.4, -0.2) is 14.8 Å². The van der Waals surface area contributed by atoms with Gasteiger partial charge >= 0.3 is 0 Å². The topological polar surface area (TPSA) is 30.7 Å². The summed E-state index contributed by atoms with van der Waals surface area (Å²) in [4.78, 5) is 3.92. The van der Waals surface area contributed by atoms with Gasteiger partial charge in [0.1, 0.15) is 18.1 Å². The van der Waals surface area contributed by atoms with Crippen LogP contribution in [0.5, 0.6) is 0 Å². The van der Waals surface area contributed by atoms with Crippen LogP contribution < -0.4 is 0 Å². The van der Waals surface area contributed by atoms with Crippen LogP contribution in [0.1, 0.15) is 11.3 Å². The van der Waals surface area contributed by atoms with Crippen molar-refractivity contribution >= 4 is 0 Å². The molecule has 2 aromatic rings. The Morgan fingerprint density at radius 2 is 2.38 bits per heavy atom. The summed E-state index contributed by atoms with van der Waals surface area (Å²) >= 11 is 0. The summed E-state index contributed by atoms with van der Waals surface area (Å²) in [5, 5.41) is 4.02. The van der Waals surface area contributed by atoms with Crippen molar-refractivity contribution in [1.29, 1.82) is 0 Å². The normalized spacial score (nSPS) is 9.62. The Morgan fingerprint density at radius 1 is 1.50 bits per heavy atom. The molecule has 0 atom stereocenters. The van der Waals surface area contributed by atoms with Gasteiger partial charge in [0.2, 0.25) is 0 Å². The van der Waals surface area contributed by atoms with Crippen LogP contribution in [0.3, 0.4) is 0 Å². The Bertz CT molecular complexity index is 535. The third-order valence-corrected chi connectivity index (χ3v) is 2.05. The van der Waals surface area contributed by atoms with Crippen LogP contribution in [0.25, 0.3) is 0 Å². The number of hydrogen-bond donors (Lipinski definition) is 0. The number of aryl methyl sites for hydroxylation is 1. The zero-order valence-corrected chi connectivity index (χ0v) is 8.81. The lowest BCUT2D eigenvalue weighted by atomic mass is 10.2. The summed E-state index contributed by atoms with van der Waals surface area (Å²) in [5.74, 6) is 5.48. The van der Waals surface area contributed by atoms with Gasteiger partial charge in [0, 0.05) is 12.4 Å². The summed E-state index contributed by atoms with van der Waals surface area (Å²) in [7, 11) is 0. The molecule has 2 aromatic heterocycles. The van der Waals surface area contributed by atoms with Crippen molar-refractivity contribution < 1.29 is 4.39 Å². The van der Waals surface area contributed by atoms with Crippen molar-refractivity contribution in [2.75, 3.05) is 0 Å². The minimum absolute atomic E-state index is 0.338. The molecule has 0 N–H and O–H groups in total.